The lowest BCUT2D eigenvalue weighted by molar-refractivity contribution is 0.414. The predicted molar refractivity (Wildman–Crippen MR) is 97.1 cm³/mol. The van der Waals surface area contributed by atoms with Crippen LogP contribution >= 0.6 is 11.8 Å². The molecular formula is C20H18O3S. The van der Waals surface area contributed by atoms with E-state index >= 15 is 0 Å². The van der Waals surface area contributed by atoms with Gasteiger partial charge in [0.1, 0.15) is 11.3 Å². The molecule has 3 nitrogen and oxygen atoms in total. The maximum absolute atomic E-state index is 11.9. The maximum Gasteiger partial charge on any atom is 0.336 e. The summed E-state index contributed by atoms with van der Waals surface area (Å²) in [4.78, 5) is 13.1. The molecule has 0 saturated heterocycles. The molecule has 0 atom stereocenters. The molecule has 0 aliphatic heterocycles. The summed E-state index contributed by atoms with van der Waals surface area (Å²) in [6, 6.07) is 13.9. The molecule has 0 spiro atoms. The Kier molecular flexibility index (Phi) is 4.07. The van der Waals surface area contributed by atoms with Crippen LogP contribution < -0.4 is 10.4 Å². The van der Waals surface area contributed by atoms with Gasteiger partial charge >= 0.3 is 5.63 Å². The van der Waals surface area contributed by atoms with E-state index in [1.54, 1.807) is 24.9 Å². The Bertz CT molecular complexity index is 941. The summed E-state index contributed by atoms with van der Waals surface area (Å²) in [5.41, 5.74) is 4.20. The Balaban J connectivity index is 1.66. The highest BCUT2D eigenvalue weighted by Crippen LogP contribution is 2.31. The SMILES string of the molecule is COc1ccc(SCc2cc(=O)oc3cc4c(cc23)CCC4)cc1. The number of fused-ring (bicyclic) bond motifs is 2. The lowest BCUT2D eigenvalue weighted by atomic mass is 10.0. The summed E-state index contributed by atoms with van der Waals surface area (Å²) >= 11 is 1.71. The van der Waals surface area contributed by atoms with Crippen LogP contribution in [0.3, 0.4) is 0 Å². The molecule has 0 amide bonds. The van der Waals surface area contributed by atoms with Crippen molar-refractivity contribution in [2.45, 2.75) is 29.9 Å². The first-order valence-electron chi connectivity index (χ1n) is 8.08. The zero-order chi connectivity index (χ0) is 16.5. The van der Waals surface area contributed by atoms with Crippen molar-refractivity contribution in [3.8, 4) is 5.75 Å². The van der Waals surface area contributed by atoms with Gasteiger partial charge in [-0.15, -0.1) is 11.8 Å². The Morgan fingerprint density at radius 1 is 1.08 bits per heavy atom. The maximum atomic E-state index is 11.9. The lowest BCUT2D eigenvalue weighted by Crippen LogP contribution is -2.00. The van der Waals surface area contributed by atoms with Crippen molar-refractivity contribution < 1.29 is 9.15 Å². The van der Waals surface area contributed by atoms with Gasteiger partial charge in [-0.25, -0.2) is 4.79 Å². The van der Waals surface area contributed by atoms with E-state index in [9.17, 15) is 4.79 Å². The van der Waals surface area contributed by atoms with Gasteiger partial charge in [0, 0.05) is 22.1 Å². The molecule has 1 aromatic heterocycles. The monoisotopic (exact) mass is 338 g/mol. The normalized spacial score (nSPS) is 13.2. The summed E-state index contributed by atoms with van der Waals surface area (Å²) in [6.45, 7) is 0. The molecule has 4 rings (SSSR count). The fourth-order valence-electron chi connectivity index (χ4n) is 3.25. The van der Waals surface area contributed by atoms with Crippen molar-refractivity contribution >= 4 is 22.7 Å². The van der Waals surface area contributed by atoms with Crippen molar-refractivity contribution in [2.24, 2.45) is 0 Å². The number of hydrogen-bond acceptors (Lipinski definition) is 4. The van der Waals surface area contributed by atoms with Gasteiger partial charge in [-0.2, -0.15) is 0 Å². The van der Waals surface area contributed by atoms with Crippen LogP contribution in [-0.4, -0.2) is 7.11 Å². The van der Waals surface area contributed by atoms with Crippen molar-refractivity contribution in [2.75, 3.05) is 7.11 Å². The standard InChI is InChI=1S/C20H18O3S/c1-22-16-5-7-17(8-6-16)24-12-15-11-20(21)23-19-10-14-4-2-3-13(14)9-18(15)19/h5-11H,2-4,12H2,1H3. The highest BCUT2D eigenvalue weighted by Gasteiger charge is 2.15. The minimum atomic E-state index is -0.272. The van der Waals surface area contributed by atoms with Crippen LogP contribution in [0.2, 0.25) is 0 Å². The second-order valence-electron chi connectivity index (χ2n) is 6.03. The van der Waals surface area contributed by atoms with E-state index < -0.39 is 0 Å². The van der Waals surface area contributed by atoms with Crippen LogP contribution in [0, 0.1) is 0 Å². The molecule has 0 N–H and O–H groups in total. The van der Waals surface area contributed by atoms with Crippen LogP contribution in [0.15, 0.2) is 56.6 Å². The Hall–Kier alpha value is -2.20. The van der Waals surface area contributed by atoms with E-state index in [0.29, 0.717) is 5.58 Å². The number of ether oxygens (including phenoxy) is 1. The Labute approximate surface area is 144 Å². The fourth-order valence-corrected chi connectivity index (χ4v) is 4.14. The number of rotatable bonds is 4. The van der Waals surface area contributed by atoms with Crippen molar-refractivity contribution in [3.05, 3.63) is 69.6 Å². The average Bonchev–Trinajstić information content (AvgIpc) is 3.05. The molecule has 0 radical (unpaired) electrons. The molecule has 3 aromatic rings. The van der Waals surface area contributed by atoms with E-state index in [0.717, 1.165) is 40.2 Å². The smallest absolute Gasteiger partial charge is 0.336 e. The number of aryl methyl sites for hydroxylation is 2. The zero-order valence-corrected chi connectivity index (χ0v) is 14.3. The summed E-state index contributed by atoms with van der Waals surface area (Å²) in [5, 5.41) is 1.07. The van der Waals surface area contributed by atoms with Gasteiger partial charge in [-0.1, -0.05) is 0 Å². The van der Waals surface area contributed by atoms with Gasteiger partial charge in [0.05, 0.1) is 7.11 Å². The molecule has 1 aliphatic carbocycles. The molecule has 0 saturated carbocycles. The number of thioether (sulfide) groups is 1. The first kappa shape index (κ1) is 15.3. The average molecular weight is 338 g/mol. The van der Waals surface area contributed by atoms with Gasteiger partial charge in [0.25, 0.3) is 0 Å². The second kappa shape index (κ2) is 6.36. The Morgan fingerprint density at radius 2 is 1.83 bits per heavy atom. The van der Waals surface area contributed by atoms with Crippen LogP contribution in [-0.2, 0) is 18.6 Å². The van der Waals surface area contributed by atoms with E-state index in [2.05, 4.69) is 12.1 Å². The quantitative estimate of drug-likeness (QED) is 0.515. The van der Waals surface area contributed by atoms with Crippen molar-refractivity contribution in [1.29, 1.82) is 0 Å². The first-order valence-corrected chi connectivity index (χ1v) is 9.07. The molecule has 2 aromatic carbocycles. The van der Waals surface area contributed by atoms with Gasteiger partial charge in [0.2, 0.25) is 0 Å². The third kappa shape index (κ3) is 2.94. The zero-order valence-electron chi connectivity index (χ0n) is 13.5. The molecule has 1 aliphatic rings. The molecule has 1 heterocycles. The summed E-state index contributed by atoms with van der Waals surface area (Å²) in [6.07, 6.45) is 3.39. The number of methoxy groups -OCH3 is 1. The van der Waals surface area contributed by atoms with Crippen LogP contribution in [0.1, 0.15) is 23.1 Å². The van der Waals surface area contributed by atoms with Gasteiger partial charge in [0.15, 0.2) is 0 Å². The number of benzene rings is 2. The Morgan fingerprint density at radius 3 is 2.58 bits per heavy atom. The minimum absolute atomic E-state index is 0.272. The molecule has 122 valence electrons. The first-order chi connectivity index (χ1) is 11.7. The van der Waals surface area contributed by atoms with Crippen LogP contribution in [0.4, 0.5) is 0 Å². The van der Waals surface area contributed by atoms with Gasteiger partial charge in [-0.3, -0.25) is 0 Å². The largest absolute Gasteiger partial charge is 0.497 e. The lowest BCUT2D eigenvalue weighted by Gasteiger charge is -2.08. The molecule has 24 heavy (non-hydrogen) atoms. The van der Waals surface area contributed by atoms with Gasteiger partial charge in [-0.05, 0) is 72.4 Å². The summed E-state index contributed by atoms with van der Waals surface area (Å²) < 4.78 is 10.6. The van der Waals surface area contributed by atoms with E-state index in [-0.39, 0.29) is 5.63 Å². The summed E-state index contributed by atoms with van der Waals surface area (Å²) in [5.74, 6) is 1.59. The second-order valence-corrected chi connectivity index (χ2v) is 7.07. The molecule has 4 heteroatoms. The van der Waals surface area contributed by atoms with E-state index in [1.165, 1.54) is 17.5 Å². The minimum Gasteiger partial charge on any atom is -0.497 e. The third-order valence-corrected chi connectivity index (χ3v) is 5.56. The van der Waals surface area contributed by atoms with E-state index in [4.69, 9.17) is 9.15 Å². The fraction of sp³-hybridized carbons (Fsp3) is 0.250. The van der Waals surface area contributed by atoms with Crippen molar-refractivity contribution in [1.82, 2.24) is 0 Å². The molecule has 0 fully saturated rings. The highest BCUT2D eigenvalue weighted by molar-refractivity contribution is 7.98. The molecule has 0 unspecified atom stereocenters. The van der Waals surface area contributed by atoms with Crippen LogP contribution in [0.25, 0.3) is 11.0 Å². The molecular weight excluding hydrogens is 320 g/mol. The highest BCUT2D eigenvalue weighted by atomic mass is 32.2. The predicted octanol–water partition coefficient (Wildman–Crippen LogP) is 4.58. The topological polar surface area (TPSA) is 39.4 Å². The van der Waals surface area contributed by atoms with Gasteiger partial charge < -0.3 is 9.15 Å². The summed E-state index contributed by atoms with van der Waals surface area (Å²) in [7, 11) is 1.66. The number of hydrogen-bond donors (Lipinski definition) is 0. The van der Waals surface area contributed by atoms with Crippen molar-refractivity contribution in [3.63, 3.8) is 0 Å². The van der Waals surface area contributed by atoms with Crippen LogP contribution in [0.5, 0.6) is 5.75 Å². The van der Waals surface area contributed by atoms with E-state index in [1.807, 2.05) is 24.3 Å². The third-order valence-electron chi connectivity index (χ3n) is 4.50. The molecule has 0 bridgehead atoms.